The van der Waals surface area contributed by atoms with E-state index in [1.54, 1.807) is 38.1 Å². The Balaban J connectivity index is 2.78. The van der Waals surface area contributed by atoms with Gasteiger partial charge in [0, 0.05) is 0 Å². The average Bonchev–Trinajstić information content (AvgIpc) is 2.53. The van der Waals surface area contributed by atoms with Crippen LogP contribution in [0, 0.1) is 11.3 Å². The zero-order valence-electron chi connectivity index (χ0n) is 12.2. The molecule has 0 aliphatic carbocycles. The number of para-hydroxylation sites is 1. The van der Waals surface area contributed by atoms with Crippen LogP contribution in [0.15, 0.2) is 24.3 Å². The van der Waals surface area contributed by atoms with Crippen molar-refractivity contribution in [1.82, 2.24) is 5.32 Å². The second kappa shape index (κ2) is 7.62. The third-order valence-electron chi connectivity index (χ3n) is 3.35. The van der Waals surface area contributed by atoms with Crippen LogP contribution in [0.2, 0.25) is 0 Å². The molecule has 0 saturated carbocycles. The molecule has 3 N–H and O–H groups in total. The molecule has 1 rings (SSSR count). The number of nitriles is 1. The monoisotopic (exact) mass is 292 g/mol. The molecule has 1 unspecified atom stereocenters. The van der Waals surface area contributed by atoms with Gasteiger partial charge in [-0.15, -0.1) is 0 Å². The number of carbonyl (C=O) groups is 1. The molecule has 0 heterocycles. The van der Waals surface area contributed by atoms with Gasteiger partial charge in [0.25, 0.3) is 5.91 Å². The van der Waals surface area contributed by atoms with E-state index in [-0.39, 0.29) is 13.2 Å². The van der Waals surface area contributed by atoms with Crippen molar-refractivity contribution < 1.29 is 19.7 Å². The minimum Gasteiger partial charge on any atom is -0.480 e. The van der Waals surface area contributed by atoms with Crippen molar-refractivity contribution in [1.29, 1.82) is 5.26 Å². The van der Waals surface area contributed by atoms with Crippen molar-refractivity contribution in [2.75, 3.05) is 13.2 Å². The molecule has 1 atom stereocenters. The molecular weight excluding hydrogens is 272 g/mol. The van der Waals surface area contributed by atoms with Crippen LogP contribution in [-0.4, -0.2) is 41.0 Å². The van der Waals surface area contributed by atoms with E-state index >= 15 is 0 Å². The van der Waals surface area contributed by atoms with Gasteiger partial charge < -0.3 is 20.3 Å². The highest BCUT2D eigenvalue weighted by Gasteiger charge is 2.31. The lowest BCUT2D eigenvalue weighted by atomic mass is 9.98. The Kier molecular flexibility index (Phi) is 6.15. The molecule has 0 radical (unpaired) electrons. The number of benzene rings is 1. The number of ether oxygens (including phenoxy) is 1. The Morgan fingerprint density at radius 2 is 2.05 bits per heavy atom. The van der Waals surface area contributed by atoms with Gasteiger partial charge in [-0.25, -0.2) is 0 Å². The molecule has 6 heteroatoms. The second-order valence-corrected chi connectivity index (χ2v) is 4.81. The molecule has 0 aromatic heterocycles. The predicted octanol–water partition coefficient (Wildman–Crippen LogP) is 0.575. The quantitative estimate of drug-likeness (QED) is 0.682. The van der Waals surface area contributed by atoms with E-state index in [1.807, 2.05) is 6.07 Å². The maximum atomic E-state index is 12.1. The van der Waals surface area contributed by atoms with Crippen molar-refractivity contribution in [3.8, 4) is 11.8 Å². The molecule has 0 spiro atoms. The standard InChI is InChI=1S/C15H20N2O4/c1-3-15(9-18,10-19)17-14(20)11(2)21-13-7-5-4-6-12(13)8-16/h4-7,11,18-19H,3,9-10H2,1-2H3,(H,17,20). The van der Waals surface area contributed by atoms with Gasteiger partial charge >= 0.3 is 0 Å². The lowest BCUT2D eigenvalue weighted by Crippen LogP contribution is -2.56. The lowest BCUT2D eigenvalue weighted by Gasteiger charge is -2.31. The first-order valence-electron chi connectivity index (χ1n) is 6.71. The molecule has 0 aliphatic heterocycles. The summed E-state index contributed by atoms with van der Waals surface area (Å²) in [5.41, 5.74) is -0.730. The highest BCUT2D eigenvalue weighted by atomic mass is 16.5. The van der Waals surface area contributed by atoms with Crippen LogP contribution in [0.1, 0.15) is 25.8 Å². The van der Waals surface area contributed by atoms with E-state index in [9.17, 15) is 15.0 Å². The zero-order valence-corrected chi connectivity index (χ0v) is 12.2. The van der Waals surface area contributed by atoms with Crippen molar-refractivity contribution in [3.63, 3.8) is 0 Å². The van der Waals surface area contributed by atoms with Crippen molar-refractivity contribution in [3.05, 3.63) is 29.8 Å². The fourth-order valence-corrected chi connectivity index (χ4v) is 1.71. The number of hydrogen-bond acceptors (Lipinski definition) is 5. The summed E-state index contributed by atoms with van der Waals surface area (Å²) in [5, 5.41) is 30.2. The van der Waals surface area contributed by atoms with E-state index in [4.69, 9.17) is 10.00 Å². The Hall–Kier alpha value is -2.10. The number of carbonyl (C=O) groups excluding carboxylic acids is 1. The summed E-state index contributed by atoms with van der Waals surface area (Å²) >= 11 is 0. The van der Waals surface area contributed by atoms with E-state index in [1.165, 1.54) is 0 Å². The fourth-order valence-electron chi connectivity index (χ4n) is 1.71. The molecule has 1 aromatic rings. The first-order chi connectivity index (χ1) is 10.0. The zero-order chi connectivity index (χ0) is 15.9. The number of hydrogen-bond donors (Lipinski definition) is 3. The van der Waals surface area contributed by atoms with Crippen LogP contribution in [0.25, 0.3) is 0 Å². The summed E-state index contributed by atoms with van der Waals surface area (Å²) in [6.45, 7) is 2.56. The molecule has 0 aliphatic rings. The SMILES string of the molecule is CCC(CO)(CO)NC(=O)C(C)Oc1ccccc1C#N. The molecule has 21 heavy (non-hydrogen) atoms. The first kappa shape index (κ1) is 17.0. The summed E-state index contributed by atoms with van der Waals surface area (Å²) in [6.07, 6.45) is -0.476. The molecule has 1 amide bonds. The summed E-state index contributed by atoms with van der Waals surface area (Å²) in [6, 6.07) is 8.60. The van der Waals surface area contributed by atoms with Crippen LogP contribution >= 0.6 is 0 Å². The van der Waals surface area contributed by atoms with Gasteiger partial charge in [-0.05, 0) is 25.5 Å². The van der Waals surface area contributed by atoms with Crippen molar-refractivity contribution in [2.45, 2.75) is 31.9 Å². The topological polar surface area (TPSA) is 103 Å². The summed E-state index contributed by atoms with van der Waals surface area (Å²) in [7, 11) is 0. The van der Waals surface area contributed by atoms with Crippen LogP contribution in [0.3, 0.4) is 0 Å². The van der Waals surface area contributed by atoms with Gasteiger partial charge in [0.1, 0.15) is 11.8 Å². The molecule has 0 bridgehead atoms. The Morgan fingerprint density at radius 3 is 2.57 bits per heavy atom. The maximum absolute atomic E-state index is 12.1. The van der Waals surface area contributed by atoms with E-state index in [0.717, 1.165) is 0 Å². The minimum atomic E-state index is -1.07. The summed E-state index contributed by atoms with van der Waals surface area (Å²) in [5.74, 6) is -0.148. The largest absolute Gasteiger partial charge is 0.480 e. The number of aliphatic hydroxyl groups excluding tert-OH is 2. The fraction of sp³-hybridized carbons (Fsp3) is 0.467. The number of amides is 1. The molecular formula is C15H20N2O4. The molecule has 6 nitrogen and oxygen atoms in total. The number of nitrogens with zero attached hydrogens (tertiary/aromatic N) is 1. The Labute approximate surface area is 124 Å². The van der Waals surface area contributed by atoms with Gasteiger partial charge in [0.15, 0.2) is 6.10 Å². The van der Waals surface area contributed by atoms with Crippen LogP contribution in [-0.2, 0) is 4.79 Å². The van der Waals surface area contributed by atoms with E-state index in [0.29, 0.717) is 17.7 Å². The Morgan fingerprint density at radius 1 is 1.43 bits per heavy atom. The highest BCUT2D eigenvalue weighted by molar-refractivity contribution is 5.81. The van der Waals surface area contributed by atoms with Gasteiger partial charge in [-0.3, -0.25) is 4.79 Å². The summed E-state index contributed by atoms with van der Waals surface area (Å²) < 4.78 is 5.48. The number of aliphatic hydroxyl groups is 2. The second-order valence-electron chi connectivity index (χ2n) is 4.81. The van der Waals surface area contributed by atoms with Gasteiger partial charge in [0.05, 0.1) is 24.3 Å². The van der Waals surface area contributed by atoms with Crippen molar-refractivity contribution >= 4 is 5.91 Å². The van der Waals surface area contributed by atoms with Crippen LogP contribution < -0.4 is 10.1 Å². The van der Waals surface area contributed by atoms with Gasteiger partial charge in [-0.2, -0.15) is 5.26 Å². The number of rotatable bonds is 7. The van der Waals surface area contributed by atoms with E-state index in [2.05, 4.69) is 5.32 Å². The van der Waals surface area contributed by atoms with E-state index < -0.39 is 17.6 Å². The van der Waals surface area contributed by atoms with Gasteiger partial charge in [-0.1, -0.05) is 19.1 Å². The average molecular weight is 292 g/mol. The molecule has 114 valence electrons. The highest BCUT2D eigenvalue weighted by Crippen LogP contribution is 2.18. The minimum absolute atomic E-state index is 0.317. The number of nitrogens with one attached hydrogen (secondary N) is 1. The smallest absolute Gasteiger partial charge is 0.261 e. The Bertz CT molecular complexity index is 512. The third-order valence-corrected chi connectivity index (χ3v) is 3.35. The molecule has 0 fully saturated rings. The predicted molar refractivity (Wildman–Crippen MR) is 76.6 cm³/mol. The molecule has 1 aromatic carbocycles. The normalized spacial score (nSPS) is 12.3. The first-order valence-corrected chi connectivity index (χ1v) is 6.71. The maximum Gasteiger partial charge on any atom is 0.261 e. The van der Waals surface area contributed by atoms with Gasteiger partial charge in [0.2, 0.25) is 0 Å². The third kappa shape index (κ3) is 4.18. The lowest BCUT2D eigenvalue weighted by molar-refractivity contribution is -0.130. The van der Waals surface area contributed by atoms with Crippen LogP contribution in [0.4, 0.5) is 0 Å². The molecule has 0 saturated heterocycles. The summed E-state index contributed by atoms with van der Waals surface area (Å²) in [4.78, 5) is 12.1. The van der Waals surface area contributed by atoms with Crippen LogP contribution in [0.5, 0.6) is 5.75 Å². The van der Waals surface area contributed by atoms with Crippen molar-refractivity contribution in [2.24, 2.45) is 0 Å².